The number of methoxy groups -OCH3 is 1. The van der Waals surface area contributed by atoms with Gasteiger partial charge in [0.05, 0.1) is 17.7 Å². The zero-order valence-electron chi connectivity index (χ0n) is 10.1. The van der Waals surface area contributed by atoms with E-state index in [2.05, 4.69) is 4.72 Å². The minimum absolute atomic E-state index is 0.153. The summed E-state index contributed by atoms with van der Waals surface area (Å²) in [6, 6.07) is 12.7. The molecule has 19 heavy (non-hydrogen) atoms. The Labute approximate surface area is 117 Å². The average molecular weight is 298 g/mol. The summed E-state index contributed by atoms with van der Waals surface area (Å²) in [5.74, 6) is 0.580. The van der Waals surface area contributed by atoms with Crippen LogP contribution in [-0.4, -0.2) is 15.5 Å². The van der Waals surface area contributed by atoms with E-state index >= 15 is 0 Å². The SMILES string of the molecule is COc1cccc(NS(=O)(=O)c2ccc(Cl)cc2)c1. The summed E-state index contributed by atoms with van der Waals surface area (Å²) in [7, 11) is -2.10. The molecule has 0 aliphatic heterocycles. The van der Waals surface area contributed by atoms with Crippen LogP contribution in [0.15, 0.2) is 53.4 Å². The van der Waals surface area contributed by atoms with E-state index in [0.29, 0.717) is 16.5 Å². The van der Waals surface area contributed by atoms with E-state index in [4.69, 9.17) is 16.3 Å². The molecule has 0 radical (unpaired) electrons. The molecule has 2 aromatic rings. The lowest BCUT2D eigenvalue weighted by Gasteiger charge is -2.09. The number of hydrogen-bond donors (Lipinski definition) is 1. The second kappa shape index (κ2) is 5.50. The lowest BCUT2D eigenvalue weighted by molar-refractivity contribution is 0.415. The molecule has 0 bridgehead atoms. The predicted octanol–water partition coefficient (Wildman–Crippen LogP) is 3.15. The van der Waals surface area contributed by atoms with Crippen LogP contribution in [0.2, 0.25) is 5.02 Å². The van der Waals surface area contributed by atoms with Crippen LogP contribution in [0.3, 0.4) is 0 Å². The summed E-state index contributed by atoms with van der Waals surface area (Å²) in [5.41, 5.74) is 0.439. The molecular formula is C13H12ClNO3S. The second-order valence-corrected chi connectivity index (χ2v) is 5.91. The Morgan fingerprint density at radius 1 is 1.11 bits per heavy atom. The van der Waals surface area contributed by atoms with Crippen LogP contribution in [0, 0.1) is 0 Å². The number of hydrogen-bond acceptors (Lipinski definition) is 3. The van der Waals surface area contributed by atoms with E-state index in [1.54, 1.807) is 24.3 Å². The lowest BCUT2D eigenvalue weighted by atomic mass is 10.3. The maximum atomic E-state index is 12.1. The first-order chi connectivity index (χ1) is 9.01. The molecule has 6 heteroatoms. The van der Waals surface area contributed by atoms with Gasteiger partial charge in [0.25, 0.3) is 10.0 Å². The molecule has 2 aromatic carbocycles. The van der Waals surface area contributed by atoms with Gasteiger partial charge in [-0.25, -0.2) is 8.42 Å². The van der Waals surface area contributed by atoms with Crippen LogP contribution in [0.4, 0.5) is 5.69 Å². The number of halogens is 1. The molecule has 1 N–H and O–H groups in total. The molecule has 0 saturated heterocycles. The van der Waals surface area contributed by atoms with Gasteiger partial charge in [-0.2, -0.15) is 0 Å². The first-order valence-corrected chi connectivity index (χ1v) is 7.30. The maximum absolute atomic E-state index is 12.1. The van der Waals surface area contributed by atoms with Crippen molar-refractivity contribution in [3.8, 4) is 5.75 Å². The zero-order valence-corrected chi connectivity index (χ0v) is 11.7. The minimum atomic E-state index is -3.62. The second-order valence-electron chi connectivity index (χ2n) is 3.79. The highest BCUT2D eigenvalue weighted by atomic mass is 35.5. The third kappa shape index (κ3) is 3.39. The first-order valence-electron chi connectivity index (χ1n) is 5.44. The Bertz CT molecular complexity index is 669. The highest BCUT2D eigenvalue weighted by Crippen LogP contribution is 2.21. The molecule has 0 fully saturated rings. The molecule has 0 spiro atoms. The van der Waals surface area contributed by atoms with E-state index in [0.717, 1.165) is 0 Å². The van der Waals surface area contributed by atoms with Gasteiger partial charge in [0.1, 0.15) is 5.75 Å². The molecule has 0 saturated carbocycles. The molecule has 0 unspecified atom stereocenters. The molecule has 2 rings (SSSR count). The summed E-state index contributed by atoms with van der Waals surface area (Å²) < 4.78 is 31.8. The van der Waals surface area contributed by atoms with Crippen LogP contribution in [-0.2, 0) is 10.0 Å². The Hall–Kier alpha value is -1.72. The molecule has 0 atom stereocenters. The topological polar surface area (TPSA) is 55.4 Å². The normalized spacial score (nSPS) is 11.1. The van der Waals surface area contributed by atoms with Crippen LogP contribution in [0.5, 0.6) is 5.75 Å². The number of benzene rings is 2. The van der Waals surface area contributed by atoms with Crippen LogP contribution >= 0.6 is 11.6 Å². The number of ether oxygens (including phenoxy) is 1. The highest BCUT2D eigenvalue weighted by molar-refractivity contribution is 7.92. The van der Waals surface area contributed by atoms with Gasteiger partial charge < -0.3 is 4.74 Å². The van der Waals surface area contributed by atoms with Crippen LogP contribution in [0.25, 0.3) is 0 Å². The van der Waals surface area contributed by atoms with Crippen molar-refractivity contribution < 1.29 is 13.2 Å². The quantitative estimate of drug-likeness (QED) is 0.943. The Balaban J connectivity index is 2.28. The molecule has 0 aliphatic carbocycles. The predicted molar refractivity (Wildman–Crippen MR) is 75.3 cm³/mol. The number of rotatable bonds is 4. The molecule has 0 aliphatic rings. The standard InChI is InChI=1S/C13H12ClNO3S/c1-18-12-4-2-3-11(9-12)15-19(16,17)13-7-5-10(14)6-8-13/h2-9,15H,1H3. The van der Waals surface area contributed by atoms with E-state index in [-0.39, 0.29) is 4.90 Å². The van der Waals surface area contributed by atoms with Crippen molar-refractivity contribution in [1.29, 1.82) is 0 Å². The fraction of sp³-hybridized carbons (Fsp3) is 0.0769. The minimum Gasteiger partial charge on any atom is -0.497 e. The van der Waals surface area contributed by atoms with E-state index in [1.807, 2.05) is 0 Å². The largest absolute Gasteiger partial charge is 0.497 e. The van der Waals surface area contributed by atoms with Gasteiger partial charge in [0.2, 0.25) is 0 Å². The summed E-state index contributed by atoms with van der Waals surface area (Å²) in [6.07, 6.45) is 0. The Kier molecular flexibility index (Phi) is 3.97. The van der Waals surface area contributed by atoms with Crippen molar-refractivity contribution in [3.05, 3.63) is 53.6 Å². The first kappa shape index (κ1) is 13.7. The molecule has 4 nitrogen and oxygen atoms in total. The third-order valence-electron chi connectivity index (χ3n) is 2.45. The smallest absolute Gasteiger partial charge is 0.261 e. The number of nitrogens with one attached hydrogen (secondary N) is 1. The van der Waals surface area contributed by atoms with E-state index < -0.39 is 10.0 Å². The summed E-state index contributed by atoms with van der Waals surface area (Å²) >= 11 is 5.73. The summed E-state index contributed by atoms with van der Waals surface area (Å²) in [6.45, 7) is 0. The van der Waals surface area contributed by atoms with Gasteiger partial charge in [0, 0.05) is 11.1 Å². The lowest BCUT2D eigenvalue weighted by Crippen LogP contribution is -2.12. The van der Waals surface area contributed by atoms with Gasteiger partial charge in [-0.1, -0.05) is 17.7 Å². The van der Waals surface area contributed by atoms with Gasteiger partial charge in [-0.3, -0.25) is 4.72 Å². The van der Waals surface area contributed by atoms with Gasteiger partial charge in [-0.15, -0.1) is 0 Å². The third-order valence-corrected chi connectivity index (χ3v) is 4.10. The van der Waals surface area contributed by atoms with Gasteiger partial charge >= 0.3 is 0 Å². The average Bonchev–Trinajstić information content (AvgIpc) is 2.39. The number of sulfonamides is 1. The van der Waals surface area contributed by atoms with E-state index in [9.17, 15) is 8.42 Å². The number of anilines is 1. The van der Waals surface area contributed by atoms with Crippen molar-refractivity contribution in [2.45, 2.75) is 4.90 Å². The molecular weight excluding hydrogens is 286 g/mol. The van der Waals surface area contributed by atoms with Crippen molar-refractivity contribution in [3.63, 3.8) is 0 Å². The zero-order chi connectivity index (χ0) is 13.9. The van der Waals surface area contributed by atoms with Crippen LogP contribution < -0.4 is 9.46 Å². The summed E-state index contributed by atoms with van der Waals surface area (Å²) in [4.78, 5) is 0.153. The summed E-state index contributed by atoms with van der Waals surface area (Å²) in [5, 5.41) is 0.486. The highest BCUT2D eigenvalue weighted by Gasteiger charge is 2.14. The molecule has 0 amide bonds. The molecule has 100 valence electrons. The molecule has 0 aromatic heterocycles. The maximum Gasteiger partial charge on any atom is 0.261 e. The van der Waals surface area contributed by atoms with Crippen molar-refractivity contribution in [2.75, 3.05) is 11.8 Å². The Morgan fingerprint density at radius 3 is 2.42 bits per heavy atom. The fourth-order valence-corrected chi connectivity index (χ4v) is 2.69. The molecule has 0 heterocycles. The van der Waals surface area contributed by atoms with Crippen molar-refractivity contribution in [2.24, 2.45) is 0 Å². The van der Waals surface area contributed by atoms with Crippen LogP contribution in [0.1, 0.15) is 0 Å². The monoisotopic (exact) mass is 297 g/mol. The fourth-order valence-electron chi connectivity index (χ4n) is 1.51. The van der Waals surface area contributed by atoms with Crippen molar-refractivity contribution >= 4 is 27.3 Å². The van der Waals surface area contributed by atoms with Gasteiger partial charge in [0.15, 0.2) is 0 Å². The Morgan fingerprint density at radius 2 is 1.79 bits per heavy atom. The van der Waals surface area contributed by atoms with E-state index in [1.165, 1.54) is 31.4 Å². The van der Waals surface area contributed by atoms with Crippen molar-refractivity contribution in [1.82, 2.24) is 0 Å². The van der Waals surface area contributed by atoms with Gasteiger partial charge in [-0.05, 0) is 36.4 Å².